The molecule has 4 rings (SSSR count). The van der Waals surface area contributed by atoms with Gasteiger partial charge in [-0.1, -0.05) is 43.7 Å². The van der Waals surface area contributed by atoms with E-state index in [0.717, 1.165) is 22.5 Å². The number of carbonyl (C=O) groups is 1. The lowest BCUT2D eigenvalue weighted by Gasteiger charge is -2.18. The highest BCUT2D eigenvalue weighted by Crippen LogP contribution is 2.37. The van der Waals surface area contributed by atoms with Gasteiger partial charge in [0.2, 0.25) is 0 Å². The standard InChI is InChI=1S/C21H20FN3O/c1-12(2)20-17-18(14-6-4-13(3)5-7-14)23-21(26)19(17)24-25(20)16-10-8-15(22)9-11-16/h4-12,18H,1-3H3,(H,23,26). The molecule has 0 bridgehead atoms. The Kier molecular flexibility index (Phi) is 3.87. The van der Waals surface area contributed by atoms with E-state index in [2.05, 4.69) is 24.3 Å². The molecule has 26 heavy (non-hydrogen) atoms. The van der Waals surface area contributed by atoms with Gasteiger partial charge in [-0.2, -0.15) is 5.10 Å². The summed E-state index contributed by atoms with van der Waals surface area (Å²) in [6, 6.07) is 14.1. The van der Waals surface area contributed by atoms with Crippen LogP contribution in [0.3, 0.4) is 0 Å². The second-order valence-electron chi connectivity index (χ2n) is 7.01. The van der Waals surface area contributed by atoms with Gasteiger partial charge in [0.05, 0.1) is 17.4 Å². The molecule has 0 fully saturated rings. The minimum absolute atomic E-state index is 0.150. The molecule has 132 valence electrons. The van der Waals surface area contributed by atoms with Gasteiger partial charge < -0.3 is 5.32 Å². The van der Waals surface area contributed by atoms with Gasteiger partial charge in [-0.25, -0.2) is 9.07 Å². The maximum absolute atomic E-state index is 13.3. The highest BCUT2D eigenvalue weighted by molar-refractivity contribution is 5.98. The number of nitrogens with one attached hydrogen (secondary N) is 1. The van der Waals surface area contributed by atoms with Crippen molar-refractivity contribution in [2.75, 3.05) is 0 Å². The topological polar surface area (TPSA) is 46.9 Å². The van der Waals surface area contributed by atoms with Gasteiger partial charge in [0, 0.05) is 5.56 Å². The van der Waals surface area contributed by atoms with Crippen LogP contribution in [0.15, 0.2) is 48.5 Å². The molecule has 1 amide bonds. The summed E-state index contributed by atoms with van der Waals surface area (Å²) in [6.45, 7) is 6.19. The average molecular weight is 349 g/mol. The number of aromatic nitrogens is 2. The van der Waals surface area contributed by atoms with E-state index in [1.807, 2.05) is 31.2 Å². The summed E-state index contributed by atoms with van der Waals surface area (Å²) in [5.74, 6) is -0.319. The van der Waals surface area contributed by atoms with Crippen molar-refractivity contribution in [2.24, 2.45) is 0 Å². The monoisotopic (exact) mass is 349 g/mol. The van der Waals surface area contributed by atoms with Gasteiger partial charge in [0.15, 0.2) is 5.69 Å². The van der Waals surface area contributed by atoms with Crippen LogP contribution in [0.4, 0.5) is 4.39 Å². The molecule has 5 heteroatoms. The van der Waals surface area contributed by atoms with Crippen LogP contribution in [0, 0.1) is 12.7 Å². The third-order valence-electron chi connectivity index (χ3n) is 4.77. The molecule has 1 aliphatic heterocycles. The van der Waals surface area contributed by atoms with Crippen LogP contribution in [0.2, 0.25) is 0 Å². The lowest BCUT2D eigenvalue weighted by Crippen LogP contribution is -2.22. The first kappa shape index (κ1) is 16.5. The number of benzene rings is 2. The van der Waals surface area contributed by atoms with E-state index in [-0.39, 0.29) is 23.7 Å². The van der Waals surface area contributed by atoms with Gasteiger partial charge in [0.25, 0.3) is 5.91 Å². The Hall–Kier alpha value is -2.95. The van der Waals surface area contributed by atoms with Crippen LogP contribution >= 0.6 is 0 Å². The van der Waals surface area contributed by atoms with E-state index >= 15 is 0 Å². The van der Waals surface area contributed by atoms with E-state index in [4.69, 9.17) is 0 Å². The van der Waals surface area contributed by atoms with E-state index in [0.29, 0.717) is 5.69 Å². The fourth-order valence-corrected chi connectivity index (χ4v) is 3.51. The van der Waals surface area contributed by atoms with E-state index in [1.54, 1.807) is 16.8 Å². The summed E-state index contributed by atoms with van der Waals surface area (Å²) < 4.78 is 15.1. The lowest BCUT2D eigenvalue weighted by atomic mass is 9.94. The molecule has 4 nitrogen and oxygen atoms in total. The van der Waals surface area contributed by atoms with Crippen LogP contribution in [-0.4, -0.2) is 15.7 Å². The van der Waals surface area contributed by atoms with E-state index in [1.165, 1.54) is 17.7 Å². The van der Waals surface area contributed by atoms with Gasteiger partial charge in [-0.3, -0.25) is 4.79 Å². The number of fused-ring (bicyclic) bond motifs is 1. The van der Waals surface area contributed by atoms with Crippen molar-refractivity contribution in [1.29, 1.82) is 0 Å². The van der Waals surface area contributed by atoms with E-state index < -0.39 is 0 Å². The number of hydrogen-bond acceptors (Lipinski definition) is 2. The van der Waals surface area contributed by atoms with Gasteiger partial charge in [-0.15, -0.1) is 0 Å². The Morgan fingerprint density at radius 2 is 1.73 bits per heavy atom. The molecule has 3 aromatic rings. The molecule has 0 radical (unpaired) electrons. The zero-order chi connectivity index (χ0) is 18.4. The molecule has 1 unspecified atom stereocenters. The molecule has 0 spiro atoms. The van der Waals surface area contributed by atoms with Crippen molar-refractivity contribution < 1.29 is 9.18 Å². The number of rotatable bonds is 3. The van der Waals surface area contributed by atoms with Gasteiger partial charge >= 0.3 is 0 Å². The number of carbonyl (C=O) groups excluding carboxylic acids is 1. The minimum atomic E-state index is -0.296. The van der Waals surface area contributed by atoms with Crippen LogP contribution in [0.25, 0.3) is 5.69 Å². The van der Waals surface area contributed by atoms with Crippen molar-refractivity contribution in [3.63, 3.8) is 0 Å². The first-order valence-corrected chi connectivity index (χ1v) is 8.72. The van der Waals surface area contributed by atoms with Gasteiger partial charge in [0.1, 0.15) is 5.82 Å². The second kappa shape index (κ2) is 6.09. The molecule has 0 aliphatic carbocycles. The van der Waals surface area contributed by atoms with Crippen LogP contribution in [-0.2, 0) is 0 Å². The maximum atomic E-state index is 13.3. The van der Waals surface area contributed by atoms with Crippen molar-refractivity contribution in [2.45, 2.75) is 32.7 Å². The molecule has 1 atom stereocenters. The fourth-order valence-electron chi connectivity index (χ4n) is 3.51. The lowest BCUT2D eigenvalue weighted by molar-refractivity contribution is 0.0955. The molecule has 1 N–H and O–H groups in total. The van der Waals surface area contributed by atoms with Crippen molar-refractivity contribution in [3.05, 3.63) is 82.4 Å². The summed E-state index contributed by atoms with van der Waals surface area (Å²) in [7, 11) is 0. The molecule has 2 heterocycles. The minimum Gasteiger partial charge on any atom is -0.340 e. The summed E-state index contributed by atoms with van der Waals surface area (Å²) in [4.78, 5) is 12.5. The Morgan fingerprint density at radius 3 is 2.35 bits per heavy atom. The maximum Gasteiger partial charge on any atom is 0.272 e. The Labute approximate surface area is 151 Å². The van der Waals surface area contributed by atoms with E-state index in [9.17, 15) is 9.18 Å². The van der Waals surface area contributed by atoms with Crippen molar-refractivity contribution in [3.8, 4) is 5.69 Å². The zero-order valence-electron chi connectivity index (χ0n) is 15.0. The molecule has 0 saturated carbocycles. The van der Waals surface area contributed by atoms with Crippen LogP contribution < -0.4 is 5.32 Å². The molecule has 1 aromatic heterocycles. The van der Waals surface area contributed by atoms with Crippen LogP contribution in [0.5, 0.6) is 0 Å². The fraction of sp³-hybridized carbons (Fsp3) is 0.238. The van der Waals surface area contributed by atoms with Gasteiger partial charge in [-0.05, 0) is 42.7 Å². The third-order valence-corrected chi connectivity index (χ3v) is 4.77. The van der Waals surface area contributed by atoms with Crippen LogP contribution in [0.1, 0.15) is 58.7 Å². The largest absolute Gasteiger partial charge is 0.340 e. The Morgan fingerprint density at radius 1 is 1.08 bits per heavy atom. The number of amides is 1. The summed E-state index contributed by atoms with van der Waals surface area (Å²) >= 11 is 0. The number of nitrogens with zero attached hydrogens (tertiary/aromatic N) is 2. The highest BCUT2D eigenvalue weighted by atomic mass is 19.1. The first-order valence-electron chi connectivity index (χ1n) is 8.72. The van der Waals surface area contributed by atoms with Crippen molar-refractivity contribution in [1.82, 2.24) is 15.1 Å². The third kappa shape index (κ3) is 2.60. The quantitative estimate of drug-likeness (QED) is 0.767. The Bertz CT molecular complexity index is 972. The van der Waals surface area contributed by atoms with Crippen molar-refractivity contribution >= 4 is 5.91 Å². The first-order chi connectivity index (χ1) is 12.5. The zero-order valence-corrected chi connectivity index (χ0v) is 15.0. The number of hydrogen-bond donors (Lipinski definition) is 1. The molecule has 0 saturated heterocycles. The summed E-state index contributed by atoms with van der Waals surface area (Å²) in [6.07, 6.45) is 0. The SMILES string of the molecule is Cc1ccc(C2NC(=O)c3nn(-c4ccc(F)cc4)c(C(C)C)c32)cc1. The summed E-state index contributed by atoms with van der Waals surface area (Å²) in [5.41, 5.74) is 5.28. The highest BCUT2D eigenvalue weighted by Gasteiger charge is 2.37. The summed E-state index contributed by atoms with van der Waals surface area (Å²) in [5, 5.41) is 7.61. The Balaban J connectivity index is 1.90. The molecular formula is C21H20FN3O. The smallest absolute Gasteiger partial charge is 0.272 e. The second-order valence-corrected chi connectivity index (χ2v) is 7.01. The molecular weight excluding hydrogens is 329 g/mol. The molecule has 2 aromatic carbocycles. The number of aryl methyl sites for hydroxylation is 1. The predicted molar refractivity (Wildman–Crippen MR) is 98.1 cm³/mol. The predicted octanol–water partition coefficient (Wildman–Crippen LogP) is 4.28. The number of halogens is 1. The average Bonchev–Trinajstić information content (AvgIpc) is 3.15. The normalized spacial score (nSPS) is 16.0. The molecule has 1 aliphatic rings.